The number of aromatic nitrogens is 4. The van der Waals surface area contributed by atoms with E-state index in [9.17, 15) is 4.79 Å². The quantitative estimate of drug-likeness (QED) is 0.633. The van der Waals surface area contributed by atoms with Crippen LogP contribution in [-0.2, 0) is 11.2 Å². The van der Waals surface area contributed by atoms with Crippen LogP contribution in [0.4, 0.5) is 5.69 Å². The van der Waals surface area contributed by atoms with Crippen LogP contribution in [0.1, 0.15) is 12.5 Å². The summed E-state index contributed by atoms with van der Waals surface area (Å²) in [6.07, 6.45) is 0.892. The molecule has 0 N–H and O–H groups in total. The maximum Gasteiger partial charge on any atom is 0.240 e. The molecule has 2 aromatic carbocycles. The Morgan fingerprint density at radius 1 is 1.19 bits per heavy atom. The Kier molecular flexibility index (Phi) is 4.81. The standard InChI is InChI=1S/C19H19N5O2S/c1-13(18(25)23-12-11-14-5-3-4-6-17(14)23)27-19-20-21-22-24(19)15-7-9-16(26-2)10-8-15/h3-10,13H,11-12H2,1-2H3. The molecule has 0 spiro atoms. The number of fused-ring (bicyclic) bond motifs is 1. The van der Waals surface area contributed by atoms with Crippen molar-refractivity contribution in [2.24, 2.45) is 0 Å². The normalized spacial score (nSPS) is 14.1. The molecule has 8 heteroatoms. The first kappa shape index (κ1) is 17.5. The van der Waals surface area contributed by atoms with Crippen LogP contribution in [0.5, 0.6) is 5.75 Å². The van der Waals surface area contributed by atoms with Gasteiger partial charge in [-0.15, -0.1) is 5.10 Å². The minimum atomic E-state index is -0.306. The van der Waals surface area contributed by atoms with Gasteiger partial charge in [0, 0.05) is 12.2 Å². The van der Waals surface area contributed by atoms with E-state index in [1.54, 1.807) is 11.8 Å². The summed E-state index contributed by atoms with van der Waals surface area (Å²) in [5, 5.41) is 12.2. The van der Waals surface area contributed by atoms with E-state index in [2.05, 4.69) is 21.6 Å². The Bertz CT molecular complexity index is 957. The number of benzene rings is 2. The Balaban J connectivity index is 1.51. The van der Waals surface area contributed by atoms with E-state index in [4.69, 9.17) is 4.74 Å². The molecule has 0 radical (unpaired) electrons. The van der Waals surface area contributed by atoms with Crippen molar-refractivity contribution in [1.82, 2.24) is 20.2 Å². The SMILES string of the molecule is COc1ccc(-n2nnnc2SC(C)C(=O)N2CCc3ccccc32)cc1. The molecule has 1 unspecified atom stereocenters. The molecule has 2 heterocycles. The lowest BCUT2D eigenvalue weighted by Gasteiger charge is -2.21. The molecule has 3 aromatic rings. The summed E-state index contributed by atoms with van der Waals surface area (Å²) in [5.74, 6) is 0.825. The van der Waals surface area contributed by atoms with Gasteiger partial charge in [-0.2, -0.15) is 4.68 Å². The minimum Gasteiger partial charge on any atom is -0.497 e. The third-order valence-electron chi connectivity index (χ3n) is 4.54. The van der Waals surface area contributed by atoms with Gasteiger partial charge in [0.05, 0.1) is 18.0 Å². The van der Waals surface area contributed by atoms with Gasteiger partial charge in [0.15, 0.2) is 0 Å². The average molecular weight is 381 g/mol. The van der Waals surface area contributed by atoms with E-state index in [-0.39, 0.29) is 11.2 Å². The first-order valence-corrected chi connectivity index (χ1v) is 9.54. The van der Waals surface area contributed by atoms with E-state index in [1.807, 2.05) is 54.3 Å². The summed E-state index contributed by atoms with van der Waals surface area (Å²) in [7, 11) is 1.62. The third kappa shape index (κ3) is 3.40. The third-order valence-corrected chi connectivity index (χ3v) is 5.56. The van der Waals surface area contributed by atoms with Crippen LogP contribution in [0.15, 0.2) is 53.7 Å². The van der Waals surface area contributed by atoms with Gasteiger partial charge in [0.25, 0.3) is 0 Å². The molecule has 27 heavy (non-hydrogen) atoms. The number of tetrazole rings is 1. The Labute approximate surface area is 161 Å². The van der Waals surface area contributed by atoms with Crippen molar-refractivity contribution in [3.8, 4) is 11.4 Å². The van der Waals surface area contributed by atoms with Crippen LogP contribution in [-0.4, -0.2) is 45.0 Å². The molecule has 1 aliphatic rings. The molecule has 7 nitrogen and oxygen atoms in total. The number of thioether (sulfide) groups is 1. The van der Waals surface area contributed by atoms with Gasteiger partial charge < -0.3 is 9.64 Å². The van der Waals surface area contributed by atoms with Crippen LogP contribution in [0.25, 0.3) is 5.69 Å². The monoisotopic (exact) mass is 381 g/mol. The molecule has 138 valence electrons. The fourth-order valence-electron chi connectivity index (χ4n) is 3.13. The van der Waals surface area contributed by atoms with Crippen molar-refractivity contribution in [2.75, 3.05) is 18.6 Å². The van der Waals surface area contributed by atoms with Crippen LogP contribution in [0.2, 0.25) is 0 Å². The second-order valence-electron chi connectivity index (χ2n) is 6.20. The number of methoxy groups -OCH3 is 1. The summed E-state index contributed by atoms with van der Waals surface area (Å²) in [6.45, 7) is 2.60. The summed E-state index contributed by atoms with van der Waals surface area (Å²) in [6, 6.07) is 15.5. The lowest BCUT2D eigenvalue weighted by Crippen LogP contribution is -2.35. The van der Waals surface area contributed by atoms with Crippen molar-refractivity contribution < 1.29 is 9.53 Å². The maximum absolute atomic E-state index is 13.0. The van der Waals surface area contributed by atoms with Crippen LogP contribution < -0.4 is 9.64 Å². The molecule has 0 fully saturated rings. The number of anilines is 1. The number of carbonyl (C=O) groups excluding carboxylic acids is 1. The molecule has 0 aliphatic carbocycles. The van der Waals surface area contributed by atoms with Gasteiger partial charge >= 0.3 is 0 Å². The molecule has 0 bridgehead atoms. The lowest BCUT2D eigenvalue weighted by molar-refractivity contribution is -0.117. The Hall–Kier alpha value is -2.87. The molecule has 0 saturated carbocycles. The minimum absolute atomic E-state index is 0.0641. The molecule has 1 amide bonds. The predicted molar refractivity (Wildman–Crippen MR) is 104 cm³/mol. The highest BCUT2D eigenvalue weighted by Gasteiger charge is 2.29. The molecule has 4 rings (SSSR count). The molecule has 0 saturated heterocycles. The van der Waals surface area contributed by atoms with Crippen molar-refractivity contribution in [3.63, 3.8) is 0 Å². The van der Waals surface area contributed by atoms with Crippen molar-refractivity contribution in [3.05, 3.63) is 54.1 Å². The van der Waals surface area contributed by atoms with E-state index < -0.39 is 0 Å². The molecular formula is C19H19N5O2S. The number of hydrogen-bond acceptors (Lipinski definition) is 6. The Morgan fingerprint density at radius 2 is 1.96 bits per heavy atom. The van der Waals surface area contributed by atoms with E-state index in [0.717, 1.165) is 23.5 Å². The first-order chi connectivity index (χ1) is 13.2. The van der Waals surface area contributed by atoms with E-state index in [0.29, 0.717) is 11.7 Å². The summed E-state index contributed by atoms with van der Waals surface area (Å²) >= 11 is 1.36. The Morgan fingerprint density at radius 3 is 2.74 bits per heavy atom. The molecule has 1 atom stereocenters. The average Bonchev–Trinajstić information content (AvgIpc) is 3.34. The van der Waals surface area contributed by atoms with Gasteiger partial charge in [0.1, 0.15) is 5.75 Å². The van der Waals surface area contributed by atoms with E-state index in [1.165, 1.54) is 17.3 Å². The van der Waals surface area contributed by atoms with E-state index >= 15 is 0 Å². The molecule has 1 aromatic heterocycles. The topological polar surface area (TPSA) is 73.1 Å². The fraction of sp³-hybridized carbons (Fsp3) is 0.263. The second kappa shape index (κ2) is 7.40. The molecule has 1 aliphatic heterocycles. The zero-order valence-corrected chi connectivity index (χ0v) is 15.9. The first-order valence-electron chi connectivity index (χ1n) is 8.66. The highest BCUT2D eigenvalue weighted by Crippen LogP contribution is 2.31. The number of rotatable bonds is 5. The maximum atomic E-state index is 13.0. The van der Waals surface area contributed by atoms with Gasteiger partial charge in [-0.1, -0.05) is 30.0 Å². The second-order valence-corrected chi connectivity index (χ2v) is 7.51. The largest absolute Gasteiger partial charge is 0.497 e. The number of amides is 1. The molecular weight excluding hydrogens is 362 g/mol. The van der Waals surface area contributed by atoms with Crippen molar-refractivity contribution in [1.29, 1.82) is 0 Å². The van der Waals surface area contributed by atoms with Crippen LogP contribution in [0.3, 0.4) is 0 Å². The lowest BCUT2D eigenvalue weighted by atomic mass is 10.2. The highest BCUT2D eigenvalue weighted by molar-refractivity contribution is 8.00. The number of ether oxygens (including phenoxy) is 1. The fourth-order valence-corrected chi connectivity index (χ4v) is 4.00. The van der Waals surface area contributed by atoms with Gasteiger partial charge in [-0.25, -0.2) is 0 Å². The summed E-state index contributed by atoms with van der Waals surface area (Å²) < 4.78 is 6.81. The van der Waals surface area contributed by atoms with Gasteiger partial charge in [-0.05, 0) is 59.7 Å². The summed E-state index contributed by atoms with van der Waals surface area (Å²) in [5.41, 5.74) is 3.03. The predicted octanol–water partition coefficient (Wildman–Crippen LogP) is 2.74. The highest BCUT2D eigenvalue weighted by atomic mass is 32.2. The van der Waals surface area contributed by atoms with Crippen molar-refractivity contribution in [2.45, 2.75) is 23.8 Å². The van der Waals surface area contributed by atoms with Crippen LogP contribution in [0, 0.1) is 0 Å². The number of carbonyl (C=O) groups is 1. The zero-order chi connectivity index (χ0) is 18.8. The number of nitrogens with zero attached hydrogens (tertiary/aromatic N) is 5. The zero-order valence-electron chi connectivity index (χ0n) is 15.1. The summed E-state index contributed by atoms with van der Waals surface area (Å²) in [4.78, 5) is 14.8. The smallest absolute Gasteiger partial charge is 0.240 e. The van der Waals surface area contributed by atoms with Crippen LogP contribution >= 0.6 is 11.8 Å². The van der Waals surface area contributed by atoms with Gasteiger partial charge in [0.2, 0.25) is 11.1 Å². The number of hydrogen-bond donors (Lipinski definition) is 0. The van der Waals surface area contributed by atoms with Gasteiger partial charge in [-0.3, -0.25) is 4.79 Å². The number of para-hydroxylation sites is 1. The van der Waals surface area contributed by atoms with Crippen molar-refractivity contribution >= 4 is 23.4 Å².